The lowest BCUT2D eigenvalue weighted by Crippen LogP contribution is -2.19. The maximum absolute atomic E-state index is 12.0. The van der Waals surface area contributed by atoms with Crippen molar-refractivity contribution in [3.05, 3.63) is 24.0 Å². The molecule has 0 spiro atoms. The summed E-state index contributed by atoms with van der Waals surface area (Å²) in [5.41, 5.74) is 0.861. The number of ether oxygens (including phenoxy) is 1. The van der Waals surface area contributed by atoms with Crippen LogP contribution in [0.4, 0.5) is 13.2 Å². The van der Waals surface area contributed by atoms with E-state index in [4.69, 9.17) is 4.74 Å². The molecule has 0 unspecified atom stereocenters. The second-order valence-electron chi connectivity index (χ2n) is 5.08. The Kier molecular flexibility index (Phi) is 6.78. The molecule has 3 nitrogen and oxygen atoms in total. The van der Waals surface area contributed by atoms with E-state index >= 15 is 0 Å². The first-order valence-electron chi connectivity index (χ1n) is 6.71. The minimum Gasteiger partial charge on any atom is -0.493 e. The summed E-state index contributed by atoms with van der Waals surface area (Å²) in [6.07, 6.45) is -1.73. The number of pyridine rings is 1. The van der Waals surface area contributed by atoms with Gasteiger partial charge in [-0.15, -0.1) is 0 Å². The van der Waals surface area contributed by atoms with Crippen LogP contribution >= 0.6 is 0 Å². The Labute approximate surface area is 117 Å². The van der Waals surface area contributed by atoms with Gasteiger partial charge in [-0.05, 0) is 24.9 Å². The zero-order valence-electron chi connectivity index (χ0n) is 11.8. The van der Waals surface area contributed by atoms with E-state index in [0.29, 0.717) is 18.2 Å². The summed E-state index contributed by atoms with van der Waals surface area (Å²) in [6, 6.07) is 1.68. The Balaban J connectivity index is 2.40. The molecule has 0 saturated carbocycles. The van der Waals surface area contributed by atoms with Crippen molar-refractivity contribution in [1.29, 1.82) is 0 Å². The summed E-state index contributed by atoms with van der Waals surface area (Å²) >= 11 is 0. The summed E-state index contributed by atoms with van der Waals surface area (Å²) in [5.74, 6) is 1.13. The number of halogens is 3. The van der Waals surface area contributed by atoms with E-state index in [1.165, 1.54) is 0 Å². The lowest BCUT2D eigenvalue weighted by atomic mass is 10.2. The van der Waals surface area contributed by atoms with Gasteiger partial charge in [0, 0.05) is 30.9 Å². The van der Waals surface area contributed by atoms with Crippen LogP contribution in [0.25, 0.3) is 0 Å². The predicted octanol–water partition coefficient (Wildman–Crippen LogP) is 3.55. The van der Waals surface area contributed by atoms with Crippen LogP contribution in [-0.4, -0.2) is 24.3 Å². The standard InChI is InChI=1S/C14H21F3N2O/c1-11(2)8-19-10-12-9-18-6-4-13(12)20-7-3-5-14(15,16)17/h4,6,9,11,19H,3,5,7-8,10H2,1-2H3. The molecule has 1 aromatic rings. The number of nitrogens with one attached hydrogen (secondary N) is 1. The average molecular weight is 290 g/mol. The van der Waals surface area contributed by atoms with Gasteiger partial charge in [-0.1, -0.05) is 13.8 Å². The third-order valence-electron chi connectivity index (χ3n) is 2.59. The maximum Gasteiger partial charge on any atom is 0.389 e. The number of nitrogens with zero attached hydrogens (tertiary/aromatic N) is 1. The van der Waals surface area contributed by atoms with E-state index in [1.807, 2.05) is 0 Å². The van der Waals surface area contributed by atoms with E-state index in [1.54, 1.807) is 18.5 Å². The van der Waals surface area contributed by atoms with Crippen molar-refractivity contribution in [1.82, 2.24) is 10.3 Å². The van der Waals surface area contributed by atoms with Gasteiger partial charge < -0.3 is 10.1 Å². The highest BCUT2D eigenvalue weighted by molar-refractivity contribution is 5.29. The van der Waals surface area contributed by atoms with Crippen LogP contribution in [0.2, 0.25) is 0 Å². The Morgan fingerprint density at radius 2 is 2.10 bits per heavy atom. The summed E-state index contributed by atoms with van der Waals surface area (Å²) in [4.78, 5) is 4.01. The van der Waals surface area contributed by atoms with Gasteiger partial charge in [0.2, 0.25) is 0 Å². The normalized spacial score (nSPS) is 11.9. The fourth-order valence-electron chi connectivity index (χ4n) is 1.64. The molecule has 0 saturated heterocycles. The largest absolute Gasteiger partial charge is 0.493 e. The first kappa shape index (κ1) is 16.8. The topological polar surface area (TPSA) is 34.2 Å². The number of rotatable bonds is 8. The highest BCUT2D eigenvalue weighted by Crippen LogP contribution is 2.22. The molecule has 0 radical (unpaired) electrons. The molecule has 6 heteroatoms. The molecule has 1 heterocycles. The van der Waals surface area contributed by atoms with Gasteiger partial charge in [0.25, 0.3) is 0 Å². The van der Waals surface area contributed by atoms with E-state index in [2.05, 4.69) is 24.1 Å². The van der Waals surface area contributed by atoms with E-state index in [-0.39, 0.29) is 13.0 Å². The molecule has 0 bridgehead atoms. The Bertz CT molecular complexity index is 394. The van der Waals surface area contributed by atoms with Crippen molar-refractivity contribution in [3.63, 3.8) is 0 Å². The molecular formula is C14H21F3N2O. The second kappa shape index (κ2) is 8.09. The molecule has 114 valence electrons. The summed E-state index contributed by atoms with van der Waals surface area (Å²) < 4.78 is 41.5. The second-order valence-corrected chi connectivity index (χ2v) is 5.08. The lowest BCUT2D eigenvalue weighted by Gasteiger charge is -2.13. The minimum atomic E-state index is -4.12. The van der Waals surface area contributed by atoms with Gasteiger partial charge in [0.1, 0.15) is 5.75 Å². The third-order valence-corrected chi connectivity index (χ3v) is 2.59. The van der Waals surface area contributed by atoms with Gasteiger partial charge in [-0.2, -0.15) is 13.2 Å². The van der Waals surface area contributed by atoms with Crippen LogP contribution in [0, 0.1) is 5.92 Å². The van der Waals surface area contributed by atoms with Crippen LogP contribution in [0.5, 0.6) is 5.75 Å². The average Bonchev–Trinajstić information content (AvgIpc) is 2.34. The first-order chi connectivity index (χ1) is 9.38. The molecule has 0 amide bonds. The fourth-order valence-corrected chi connectivity index (χ4v) is 1.64. The zero-order chi connectivity index (χ0) is 15.0. The number of aromatic nitrogens is 1. The zero-order valence-corrected chi connectivity index (χ0v) is 11.8. The molecule has 0 aromatic carbocycles. The SMILES string of the molecule is CC(C)CNCc1cnccc1OCCCC(F)(F)F. The molecule has 0 aliphatic heterocycles. The first-order valence-corrected chi connectivity index (χ1v) is 6.71. The summed E-state index contributed by atoms with van der Waals surface area (Å²) in [5, 5.41) is 3.26. The van der Waals surface area contributed by atoms with Crippen molar-refractivity contribution in [3.8, 4) is 5.75 Å². The van der Waals surface area contributed by atoms with Crippen LogP contribution in [0.1, 0.15) is 32.3 Å². The van der Waals surface area contributed by atoms with Crippen molar-refractivity contribution in [2.75, 3.05) is 13.2 Å². The van der Waals surface area contributed by atoms with Gasteiger partial charge in [-0.3, -0.25) is 4.98 Å². The number of hydrogen-bond acceptors (Lipinski definition) is 3. The van der Waals surface area contributed by atoms with Crippen molar-refractivity contribution >= 4 is 0 Å². The van der Waals surface area contributed by atoms with Crippen LogP contribution in [-0.2, 0) is 6.54 Å². The molecule has 0 aliphatic rings. The predicted molar refractivity (Wildman–Crippen MR) is 71.6 cm³/mol. The highest BCUT2D eigenvalue weighted by atomic mass is 19.4. The van der Waals surface area contributed by atoms with E-state index in [9.17, 15) is 13.2 Å². The Morgan fingerprint density at radius 3 is 2.75 bits per heavy atom. The van der Waals surface area contributed by atoms with Crippen molar-refractivity contribution in [2.24, 2.45) is 5.92 Å². The van der Waals surface area contributed by atoms with Crippen molar-refractivity contribution in [2.45, 2.75) is 39.4 Å². The highest BCUT2D eigenvalue weighted by Gasteiger charge is 2.26. The molecule has 1 rings (SSSR count). The smallest absolute Gasteiger partial charge is 0.389 e. The lowest BCUT2D eigenvalue weighted by molar-refractivity contribution is -0.136. The maximum atomic E-state index is 12.0. The molecule has 1 N–H and O–H groups in total. The van der Waals surface area contributed by atoms with Crippen LogP contribution in [0.15, 0.2) is 18.5 Å². The van der Waals surface area contributed by atoms with E-state index < -0.39 is 12.6 Å². The summed E-state index contributed by atoms with van der Waals surface area (Å²) in [7, 11) is 0. The Morgan fingerprint density at radius 1 is 1.35 bits per heavy atom. The van der Waals surface area contributed by atoms with Gasteiger partial charge in [0.15, 0.2) is 0 Å². The molecule has 0 fully saturated rings. The molecular weight excluding hydrogens is 269 g/mol. The quantitative estimate of drug-likeness (QED) is 0.743. The van der Waals surface area contributed by atoms with Gasteiger partial charge in [0.05, 0.1) is 6.61 Å². The van der Waals surface area contributed by atoms with Gasteiger partial charge >= 0.3 is 6.18 Å². The van der Waals surface area contributed by atoms with Crippen LogP contribution < -0.4 is 10.1 Å². The molecule has 20 heavy (non-hydrogen) atoms. The number of alkyl halides is 3. The van der Waals surface area contributed by atoms with Crippen molar-refractivity contribution < 1.29 is 17.9 Å². The molecule has 0 aliphatic carbocycles. The summed E-state index contributed by atoms with van der Waals surface area (Å²) in [6.45, 7) is 5.72. The van der Waals surface area contributed by atoms with Crippen LogP contribution in [0.3, 0.4) is 0 Å². The Hall–Kier alpha value is -1.30. The molecule has 0 atom stereocenters. The number of hydrogen-bond donors (Lipinski definition) is 1. The van der Waals surface area contributed by atoms with E-state index in [0.717, 1.165) is 12.1 Å². The third kappa shape index (κ3) is 7.33. The van der Waals surface area contributed by atoms with Gasteiger partial charge in [-0.25, -0.2) is 0 Å². The monoisotopic (exact) mass is 290 g/mol. The molecule has 1 aromatic heterocycles. The minimum absolute atomic E-state index is 0.0370. The fraction of sp³-hybridized carbons (Fsp3) is 0.643.